The molecule has 1 heterocycles. The van der Waals surface area contributed by atoms with Gasteiger partial charge in [0, 0.05) is 24.1 Å². The Bertz CT molecular complexity index is 1340. The molecular weight excluding hydrogens is 454 g/mol. The van der Waals surface area contributed by atoms with Gasteiger partial charge in [0.2, 0.25) is 0 Å². The minimum Gasteiger partial charge on any atom is -0.505 e. The maximum absolute atomic E-state index is 11.1. The van der Waals surface area contributed by atoms with Crippen LogP contribution in [0.4, 0.5) is 0 Å². The lowest BCUT2D eigenvalue weighted by atomic mass is 9.86. The number of phenolic OH excluding ortho intramolecular Hbond substituents is 1. The number of hydrogen-bond donors (Lipinski definition) is 1. The molecule has 0 bridgehead atoms. The van der Waals surface area contributed by atoms with E-state index in [1.807, 2.05) is 75.4 Å². The minimum absolute atomic E-state index is 0.132. The van der Waals surface area contributed by atoms with Crippen LogP contribution in [-0.2, 0) is 16.8 Å². The van der Waals surface area contributed by atoms with Crippen molar-refractivity contribution in [1.29, 1.82) is 0 Å². The van der Waals surface area contributed by atoms with Gasteiger partial charge >= 0.3 is 0 Å². The van der Waals surface area contributed by atoms with Crippen LogP contribution in [0.15, 0.2) is 61.2 Å². The topological polar surface area (TPSA) is 78.6 Å². The summed E-state index contributed by atoms with van der Waals surface area (Å²) in [6.07, 6.45) is 2.55. The quantitative estimate of drug-likeness (QED) is 0.274. The molecule has 0 aliphatic carbocycles. The first-order valence-electron chi connectivity index (χ1n) is 12.0. The summed E-state index contributed by atoms with van der Waals surface area (Å²) in [5.41, 5.74) is 4.51. The molecule has 0 radical (unpaired) electrons. The van der Waals surface area contributed by atoms with Crippen LogP contribution in [0.5, 0.6) is 17.2 Å². The summed E-state index contributed by atoms with van der Waals surface area (Å²) < 4.78 is 17.1. The SMILES string of the molecule is C=Cc1ccc(COCCCOc2cc(-n3nc4ccc(OC)cc4n3)c(O)c(C(C)(C)C)c2)cc1. The summed E-state index contributed by atoms with van der Waals surface area (Å²) in [6.45, 7) is 11.5. The smallest absolute Gasteiger partial charge is 0.147 e. The molecule has 0 aliphatic rings. The van der Waals surface area contributed by atoms with E-state index < -0.39 is 0 Å². The molecule has 0 saturated heterocycles. The van der Waals surface area contributed by atoms with Crippen LogP contribution in [-0.4, -0.2) is 40.4 Å². The van der Waals surface area contributed by atoms with Crippen molar-refractivity contribution in [1.82, 2.24) is 15.0 Å². The summed E-state index contributed by atoms with van der Waals surface area (Å²) in [5.74, 6) is 1.47. The van der Waals surface area contributed by atoms with Crippen molar-refractivity contribution in [3.05, 3.63) is 77.9 Å². The number of benzene rings is 3. The summed E-state index contributed by atoms with van der Waals surface area (Å²) in [6, 6.07) is 17.3. The van der Waals surface area contributed by atoms with Crippen LogP contribution in [0.1, 0.15) is 43.9 Å². The van der Waals surface area contributed by atoms with Gasteiger partial charge in [0.25, 0.3) is 0 Å². The van der Waals surface area contributed by atoms with Crippen molar-refractivity contribution >= 4 is 17.1 Å². The van der Waals surface area contributed by atoms with E-state index in [2.05, 4.69) is 16.8 Å². The van der Waals surface area contributed by atoms with Crippen molar-refractivity contribution in [2.45, 2.75) is 39.2 Å². The number of methoxy groups -OCH3 is 1. The lowest BCUT2D eigenvalue weighted by Crippen LogP contribution is -2.14. The molecule has 36 heavy (non-hydrogen) atoms. The third kappa shape index (κ3) is 5.86. The fourth-order valence-corrected chi connectivity index (χ4v) is 3.82. The van der Waals surface area contributed by atoms with Gasteiger partial charge in [-0.15, -0.1) is 15.0 Å². The average molecular weight is 488 g/mol. The number of nitrogens with zero attached hydrogens (tertiary/aromatic N) is 3. The van der Waals surface area contributed by atoms with E-state index >= 15 is 0 Å². The van der Waals surface area contributed by atoms with Gasteiger partial charge in [0.1, 0.15) is 34.0 Å². The molecule has 0 aliphatic heterocycles. The van der Waals surface area contributed by atoms with E-state index in [1.165, 1.54) is 4.80 Å². The van der Waals surface area contributed by atoms with E-state index in [0.717, 1.165) is 23.1 Å². The largest absolute Gasteiger partial charge is 0.505 e. The molecule has 1 N–H and O–H groups in total. The second-order valence-corrected chi connectivity index (χ2v) is 9.63. The average Bonchev–Trinajstić information content (AvgIpc) is 3.29. The Morgan fingerprint density at radius 1 is 0.944 bits per heavy atom. The molecular formula is C29H33N3O4. The number of ether oxygens (including phenoxy) is 3. The third-order valence-electron chi connectivity index (χ3n) is 5.86. The molecule has 0 saturated carbocycles. The highest BCUT2D eigenvalue weighted by atomic mass is 16.5. The highest BCUT2D eigenvalue weighted by Crippen LogP contribution is 2.38. The predicted molar refractivity (Wildman–Crippen MR) is 142 cm³/mol. The van der Waals surface area contributed by atoms with E-state index in [1.54, 1.807) is 13.2 Å². The number of fused-ring (bicyclic) bond motifs is 1. The molecule has 3 aromatic carbocycles. The second kappa shape index (κ2) is 10.8. The van der Waals surface area contributed by atoms with E-state index in [0.29, 0.717) is 48.0 Å². The number of phenols is 1. The molecule has 7 nitrogen and oxygen atoms in total. The zero-order chi connectivity index (χ0) is 25.7. The standard InChI is InChI=1S/C29H33N3O4/c1-6-20-8-10-21(11-9-20)19-35-14-7-15-36-23-16-24(29(2,3)4)28(33)27(18-23)32-30-25-13-12-22(34-5)17-26(25)31-32/h6,8-13,16-18,33H,1,7,14-15,19H2,2-5H3. The Balaban J connectivity index is 1.45. The fraction of sp³-hybridized carbons (Fsp3) is 0.310. The van der Waals surface area contributed by atoms with Crippen LogP contribution in [0, 0.1) is 0 Å². The first-order valence-corrected chi connectivity index (χ1v) is 12.0. The van der Waals surface area contributed by atoms with E-state index in [-0.39, 0.29) is 11.2 Å². The van der Waals surface area contributed by atoms with Gasteiger partial charge < -0.3 is 19.3 Å². The highest BCUT2D eigenvalue weighted by Gasteiger charge is 2.24. The molecule has 4 rings (SSSR count). The maximum atomic E-state index is 11.1. The molecule has 4 aromatic rings. The molecule has 0 unspecified atom stereocenters. The number of hydrogen-bond acceptors (Lipinski definition) is 6. The van der Waals surface area contributed by atoms with Gasteiger partial charge in [-0.05, 0) is 34.7 Å². The van der Waals surface area contributed by atoms with Crippen molar-refractivity contribution in [3.8, 4) is 22.9 Å². The minimum atomic E-state index is -0.307. The number of aromatic nitrogens is 3. The second-order valence-electron chi connectivity index (χ2n) is 9.63. The summed E-state index contributed by atoms with van der Waals surface area (Å²) in [7, 11) is 1.61. The first-order chi connectivity index (χ1) is 17.3. The van der Waals surface area contributed by atoms with Crippen LogP contribution < -0.4 is 9.47 Å². The molecule has 0 spiro atoms. The van der Waals surface area contributed by atoms with Gasteiger partial charge in [0.05, 0.1) is 26.9 Å². The molecule has 0 fully saturated rings. The maximum Gasteiger partial charge on any atom is 0.147 e. The Hall–Kier alpha value is -3.84. The Morgan fingerprint density at radius 3 is 2.39 bits per heavy atom. The van der Waals surface area contributed by atoms with Crippen LogP contribution in [0.2, 0.25) is 0 Å². The van der Waals surface area contributed by atoms with Crippen molar-refractivity contribution in [2.24, 2.45) is 0 Å². The zero-order valence-corrected chi connectivity index (χ0v) is 21.3. The van der Waals surface area contributed by atoms with Gasteiger partial charge in [0.15, 0.2) is 0 Å². The Labute approximate surface area is 211 Å². The van der Waals surface area contributed by atoms with Crippen molar-refractivity contribution in [3.63, 3.8) is 0 Å². The van der Waals surface area contributed by atoms with Crippen molar-refractivity contribution < 1.29 is 19.3 Å². The lowest BCUT2D eigenvalue weighted by molar-refractivity contribution is 0.107. The molecule has 0 amide bonds. The summed E-state index contributed by atoms with van der Waals surface area (Å²) in [4.78, 5) is 1.45. The van der Waals surface area contributed by atoms with Gasteiger partial charge in [-0.3, -0.25) is 0 Å². The van der Waals surface area contributed by atoms with Gasteiger partial charge in [-0.1, -0.05) is 57.7 Å². The van der Waals surface area contributed by atoms with Crippen LogP contribution >= 0.6 is 0 Å². The van der Waals surface area contributed by atoms with Crippen molar-refractivity contribution in [2.75, 3.05) is 20.3 Å². The van der Waals surface area contributed by atoms with Gasteiger partial charge in [-0.2, -0.15) is 0 Å². The van der Waals surface area contributed by atoms with Crippen LogP contribution in [0.25, 0.3) is 22.8 Å². The molecule has 188 valence electrons. The molecule has 7 heteroatoms. The lowest BCUT2D eigenvalue weighted by Gasteiger charge is -2.23. The number of rotatable bonds is 10. The highest BCUT2D eigenvalue weighted by molar-refractivity contribution is 5.76. The summed E-state index contributed by atoms with van der Waals surface area (Å²) in [5, 5.41) is 20.2. The van der Waals surface area contributed by atoms with E-state index in [4.69, 9.17) is 14.2 Å². The Morgan fingerprint density at radius 2 is 1.69 bits per heavy atom. The third-order valence-corrected chi connectivity index (χ3v) is 5.86. The normalized spacial score (nSPS) is 11.6. The zero-order valence-electron chi connectivity index (χ0n) is 21.3. The fourth-order valence-electron chi connectivity index (χ4n) is 3.82. The van der Waals surface area contributed by atoms with Crippen LogP contribution in [0.3, 0.4) is 0 Å². The molecule has 1 aromatic heterocycles. The first kappa shape index (κ1) is 25.3. The Kier molecular flexibility index (Phi) is 7.60. The summed E-state index contributed by atoms with van der Waals surface area (Å²) >= 11 is 0. The monoisotopic (exact) mass is 487 g/mol. The predicted octanol–water partition coefficient (Wildman–Crippen LogP) is 6.06. The molecule has 0 atom stereocenters. The number of aromatic hydroxyl groups is 1. The van der Waals surface area contributed by atoms with E-state index in [9.17, 15) is 5.11 Å². The van der Waals surface area contributed by atoms with Gasteiger partial charge in [-0.25, -0.2) is 0 Å².